The largest absolute Gasteiger partial charge is 0.372 e. The molecule has 0 aliphatic carbocycles. The third-order valence-corrected chi connectivity index (χ3v) is 5.16. The van der Waals surface area contributed by atoms with Crippen LogP contribution in [0.3, 0.4) is 0 Å². The highest BCUT2D eigenvalue weighted by Crippen LogP contribution is 2.26. The fourth-order valence-electron chi connectivity index (χ4n) is 3.61. The van der Waals surface area contributed by atoms with Crippen molar-refractivity contribution in [3.8, 4) is 0 Å². The summed E-state index contributed by atoms with van der Waals surface area (Å²) in [6.45, 7) is 15.7. The van der Waals surface area contributed by atoms with Crippen molar-refractivity contribution in [1.29, 1.82) is 0 Å². The van der Waals surface area contributed by atoms with Crippen molar-refractivity contribution in [2.75, 3.05) is 57.3 Å². The van der Waals surface area contributed by atoms with E-state index in [1.807, 2.05) is 4.90 Å². The molecule has 1 saturated heterocycles. The lowest BCUT2D eigenvalue weighted by molar-refractivity contribution is -0.137. The number of hydrogen-bond donors (Lipinski definition) is 1. The molecule has 1 heterocycles. The molecule has 0 bridgehead atoms. The third kappa shape index (κ3) is 4.73. The van der Waals surface area contributed by atoms with Crippen LogP contribution in [0.25, 0.3) is 0 Å². The van der Waals surface area contributed by atoms with Crippen molar-refractivity contribution in [2.24, 2.45) is 0 Å². The van der Waals surface area contributed by atoms with E-state index < -0.39 is 0 Å². The van der Waals surface area contributed by atoms with Crippen LogP contribution in [-0.4, -0.2) is 68.1 Å². The van der Waals surface area contributed by atoms with E-state index in [0.29, 0.717) is 0 Å². The average molecular weight is 347 g/mol. The molecule has 1 aromatic carbocycles. The molecule has 0 radical (unpaired) electrons. The minimum atomic E-state index is -0.173. The Balaban J connectivity index is 2.29. The van der Waals surface area contributed by atoms with Gasteiger partial charge in [-0.05, 0) is 45.4 Å². The molecule has 0 spiro atoms. The number of hydrogen-bond acceptors (Lipinski definition) is 4. The zero-order valence-electron chi connectivity index (χ0n) is 16.3. The highest BCUT2D eigenvalue weighted by Gasteiger charge is 2.31. The van der Waals surface area contributed by atoms with Crippen molar-refractivity contribution < 1.29 is 4.79 Å². The molecule has 25 heavy (non-hydrogen) atoms. The average Bonchev–Trinajstić information content (AvgIpc) is 2.66. The van der Waals surface area contributed by atoms with Crippen LogP contribution in [0.5, 0.6) is 0 Å². The first-order chi connectivity index (χ1) is 12.2. The molecule has 1 N–H and O–H groups in total. The predicted octanol–water partition coefficient (Wildman–Crippen LogP) is 2.35. The van der Waals surface area contributed by atoms with Gasteiger partial charge in [0.05, 0.1) is 0 Å². The standard InChI is InChI=1S/C20H34N4O/c1-5-22(6-2)18-11-9-17(10-12-18)19(20(25)23(7-3)8-4)24-15-13-21-14-16-24/h9-12,19,21H,5-8,13-16H2,1-4H3. The molecule has 1 amide bonds. The summed E-state index contributed by atoms with van der Waals surface area (Å²) in [6, 6.07) is 8.43. The van der Waals surface area contributed by atoms with Gasteiger partial charge in [-0.3, -0.25) is 9.69 Å². The lowest BCUT2D eigenvalue weighted by atomic mass is 10.0. The number of rotatable bonds is 8. The summed E-state index contributed by atoms with van der Waals surface area (Å²) in [5.74, 6) is 0.225. The van der Waals surface area contributed by atoms with Gasteiger partial charge in [-0.1, -0.05) is 12.1 Å². The van der Waals surface area contributed by atoms with Crippen LogP contribution in [0.15, 0.2) is 24.3 Å². The molecule has 2 rings (SSSR count). The van der Waals surface area contributed by atoms with E-state index in [0.717, 1.165) is 57.9 Å². The summed E-state index contributed by atoms with van der Waals surface area (Å²) in [4.78, 5) is 19.8. The molecule has 1 aliphatic heterocycles. The first-order valence-electron chi connectivity index (χ1n) is 9.74. The smallest absolute Gasteiger partial charge is 0.244 e. The molecule has 0 saturated carbocycles. The monoisotopic (exact) mass is 346 g/mol. The topological polar surface area (TPSA) is 38.8 Å². The van der Waals surface area contributed by atoms with Crippen molar-refractivity contribution in [3.63, 3.8) is 0 Å². The van der Waals surface area contributed by atoms with Crippen LogP contribution < -0.4 is 10.2 Å². The number of likely N-dealkylation sites (N-methyl/N-ethyl adjacent to an activating group) is 1. The van der Waals surface area contributed by atoms with Crippen LogP contribution in [0.2, 0.25) is 0 Å². The number of nitrogens with zero attached hydrogens (tertiary/aromatic N) is 3. The fraction of sp³-hybridized carbons (Fsp3) is 0.650. The third-order valence-electron chi connectivity index (χ3n) is 5.16. The molecule has 5 nitrogen and oxygen atoms in total. The minimum absolute atomic E-state index is 0.173. The molecule has 1 unspecified atom stereocenters. The van der Waals surface area contributed by atoms with Gasteiger partial charge in [-0.15, -0.1) is 0 Å². The Hall–Kier alpha value is -1.59. The van der Waals surface area contributed by atoms with E-state index >= 15 is 0 Å². The van der Waals surface area contributed by atoms with Gasteiger partial charge >= 0.3 is 0 Å². The number of benzene rings is 1. The van der Waals surface area contributed by atoms with Gasteiger partial charge in [0, 0.05) is 58.0 Å². The zero-order valence-corrected chi connectivity index (χ0v) is 16.3. The Morgan fingerprint density at radius 3 is 2.04 bits per heavy atom. The van der Waals surface area contributed by atoms with E-state index in [2.05, 4.69) is 67.1 Å². The Kier molecular flexibility index (Phi) is 7.72. The van der Waals surface area contributed by atoms with Crippen LogP contribution in [-0.2, 0) is 4.79 Å². The quantitative estimate of drug-likeness (QED) is 0.784. The van der Waals surface area contributed by atoms with Crippen molar-refractivity contribution in [1.82, 2.24) is 15.1 Å². The van der Waals surface area contributed by atoms with Crippen LogP contribution >= 0.6 is 0 Å². The second kappa shape index (κ2) is 9.78. The Bertz CT molecular complexity index is 517. The van der Waals surface area contributed by atoms with Crippen molar-refractivity contribution >= 4 is 11.6 Å². The maximum atomic E-state index is 13.2. The summed E-state index contributed by atoms with van der Waals surface area (Å²) < 4.78 is 0. The molecule has 5 heteroatoms. The maximum absolute atomic E-state index is 13.2. The van der Waals surface area contributed by atoms with Gasteiger partial charge in [0.1, 0.15) is 6.04 Å². The molecule has 1 atom stereocenters. The Morgan fingerprint density at radius 1 is 1.00 bits per heavy atom. The molecular formula is C20H34N4O. The number of carbonyl (C=O) groups excluding carboxylic acids is 1. The van der Waals surface area contributed by atoms with Gasteiger partial charge in [0.25, 0.3) is 0 Å². The van der Waals surface area contributed by atoms with Crippen LogP contribution in [0, 0.1) is 0 Å². The van der Waals surface area contributed by atoms with E-state index in [-0.39, 0.29) is 11.9 Å². The number of amides is 1. The minimum Gasteiger partial charge on any atom is -0.372 e. The van der Waals surface area contributed by atoms with Crippen LogP contribution in [0.4, 0.5) is 5.69 Å². The second-order valence-electron chi connectivity index (χ2n) is 6.46. The number of piperazine rings is 1. The SMILES string of the molecule is CCN(CC)C(=O)C(c1ccc(N(CC)CC)cc1)N1CCNCC1. The van der Waals surface area contributed by atoms with Crippen LogP contribution in [0.1, 0.15) is 39.3 Å². The summed E-state index contributed by atoms with van der Waals surface area (Å²) in [7, 11) is 0. The molecule has 1 fully saturated rings. The summed E-state index contributed by atoms with van der Waals surface area (Å²) >= 11 is 0. The molecule has 140 valence electrons. The highest BCUT2D eigenvalue weighted by molar-refractivity contribution is 5.83. The first kappa shape index (κ1) is 19.7. The molecule has 1 aliphatic rings. The summed E-state index contributed by atoms with van der Waals surface area (Å²) in [5, 5.41) is 3.38. The molecular weight excluding hydrogens is 312 g/mol. The van der Waals surface area contributed by atoms with E-state index in [1.165, 1.54) is 5.69 Å². The number of anilines is 1. The number of carbonyl (C=O) groups is 1. The maximum Gasteiger partial charge on any atom is 0.244 e. The Morgan fingerprint density at radius 2 is 1.56 bits per heavy atom. The van der Waals surface area contributed by atoms with Crippen molar-refractivity contribution in [2.45, 2.75) is 33.7 Å². The van der Waals surface area contributed by atoms with Gasteiger partial charge in [0.15, 0.2) is 0 Å². The lowest BCUT2D eigenvalue weighted by Gasteiger charge is -2.37. The van der Waals surface area contributed by atoms with Gasteiger partial charge in [-0.2, -0.15) is 0 Å². The van der Waals surface area contributed by atoms with E-state index in [1.54, 1.807) is 0 Å². The lowest BCUT2D eigenvalue weighted by Crippen LogP contribution is -2.50. The highest BCUT2D eigenvalue weighted by atomic mass is 16.2. The van der Waals surface area contributed by atoms with Gasteiger partial charge < -0.3 is 15.1 Å². The summed E-state index contributed by atoms with van der Waals surface area (Å²) in [5.41, 5.74) is 2.33. The normalized spacial score (nSPS) is 16.5. The fourth-order valence-corrected chi connectivity index (χ4v) is 3.61. The zero-order chi connectivity index (χ0) is 18.2. The van der Waals surface area contributed by atoms with Gasteiger partial charge in [-0.25, -0.2) is 0 Å². The Labute approximate surface area is 153 Å². The second-order valence-corrected chi connectivity index (χ2v) is 6.46. The predicted molar refractivity (Wildman–Crippen MR) is 105 cm³/mol. The molecule has 1 aromatic rings. The van der Waals surface area contributed by atoms with Gasteiger partial charge in [0.2, 0.25) is 5.91 Å². The molecule has 0 aromatic heterocycles. The van der Waals surface area contributed by atoms with Crippen molar-refractivity contribution in [3.05, 3.63) is 29.8 Å². The first-order valence-corrected chi connectivity index (χ1v) is 9.74. The van der Waals surface area contributed by atoms with E-state index in [9.17, 15) is 4.79 Å². The number of nitrogens with one attached hydrogen (secondary N) is 1. The summed E-state index contributed by atoms with van der Waals surface area (Å²) in [6.07, 6.45) is 0. The van der Waals surface area contributed by atoms with E-state index in [4.69, 9.17) is 0 Å².